The Morgan fingerprint density at radius 1 is 1.39 bits per heavy atom. The lowest BCUT2D eigenvalue weighted by Crippen LogP contribution is -1.96. The number of thiazole rings is 1. The zero-order chi connectivity index (χ0) is 12.7. The van der Waals surface area contributed by atoms with Crippen molar-refractivity contribution in [1.82, 2.24) is 14.4 Å². The van der Waals surface area contributed by atoms with E-state index in [1.54, 1.807) is 5.38 Å². The summed E-state index contributed by atoms with van der Waals surface area (Å²) < 4.78 is 1.92. The molecule has 0 aromatic carbocycles. The smallest absolute Gasteiger partial charge is 0.355 e. The molecule has 0 saturated carbocycles. The van der Waals surface area contributed by atoms with Crippen LogP contribution in [-0.2, 0) is 0 Å². The predicted molar refractivity (Wildman–Crippen MR) is 68.0 cm³/mol. The average Bonchev–Trinajstić information content (AvgIpc) is 2.91. The molecular formula is C12H9N3O2S. The Balaban J connectivity index is 2.24. The number of carboxylic acids is 1. The maximum absolute atomic E-state index is 10.9. The fourth-order valence-electron chi connectivity index (χ4n) is 1.85. The highest BCUT2D eigenvalue weighted by molar-refractivity contribution is 7.13. The number of hydrogen-bond acceptors (Lipinski definition) is 4. The number of pyridine rings is 1. The van der Waals surface area contributed by atoms with Gasteiger partial charge in [-0.25, -0.2) is 14.8 Å². The molecule has 0 radical (unpaired) electrons. The Labute approximate surface area is 106 Å². The molecule has 0 fully saturated rings. The van der Waals surface area contributed by atoms with Gasteiger partial charge < -0.3 is 5.11 Å². The molecule has 0 spiro atoms. The average molecular weight is 259 g/mol. The highest BCUT2D eigenvalue weighted by Crippen LogP contribution is 2.27. The number of aryl methyl sites for hydroxylation is 1. The summed E-state index contributed by atoms with van der Waals surface area (Å²) in [6, 6.07) is 5.72. The zero-order valence-corrected chi connectivity index (χ0v) is 10.3. The van der Waals surface area contributed by atoms with Gasteiger partial charge in [0.05, 0.1) is 5.69 Å². The summed E-state index contributed by atoms with van der Waals surface area (Å²) in [6.07, 6.45) is 1.90. The summed E-state index contributed by atoms with van der Waals surface area (Å²) in [4.78, 5) is 19.4. The second-order valence-corrected chi connectivity index (χ2v) is 4.68. The topological polar surface area (TPSA) is 67.5 Å². The molecule has 18 heavy (non-hydrogen) atoms. The minimum absolute atomic E-state index is 0.0697. The summed E-state index contributed by atoms with van der Waals surface area (Å²) in [7, 11) is 0. The summed E-state index contributed by atoms with van der Waals surface area (Å²) >= 11 is 1.31. The monoisotopic (exact) mass is 259 g/mol. The van der Waals surface area contributed by atoms with Crippen molar-refractivity contribution in [3.8, 4) is 10.7 Å². The Kier molecular flexibility index (Phi) is 2.38. The third-order valence-corrected chi connectivity index (χ3v) is 3.48. The van der Waals surface area contributed by atoms with Gasteiger partial charge in [0, 0.05) is 11.6 Å². The van der Waals surface area contributed by atoms with E-state index in [-0.39, 0.29) is 5.69 Å². The van der Waals surface area contributed by atoms with Gasteiger partial charge in [-0.05, 0) is 19.1 Å². The van der Waals surface area contributed by atoms with Gasteiger partial charge in [-0.3, -0.25) is 4.40 Å². The van der Waals surface area contributed by atoms with E-state index >= 15 is 0 Å². The van der Waals surface area contributed by atoms with E-state index < -0.39 is 5.97 Å². The third kappa shape index (κ3) is 1.58. The minimum atomic E-state index is -1.01. The van der Waals surface area contributed by atoms with Gasteiger partial charge in [0.2, 0.25) is 0 Å². The fourth-order valence-corrected chi connectivity index (χ4v) is 2.74. The summed E-state index contributed by atoms with van der Waals surface area (Å²) in [5.74, 6) is -1.01. The van der Waals surface area contributed by atoms with Crippen LogP contribution in [-0.4, -0.2) is 25.4 Å². The second kappa shape index (κ2) is 3.92. The van der Waals surface area contributed by atoms with E-state index in [9.17, 15) is 4.79 Å². The molecule has 1 N–H and O–H groups in total. The molecule has 90 valence electrons. The quantitative estimate of drug-likeness (QED) is 0.767. The number of rotatable bonds is 2. The molecule has 0 amide bonds. The van der Waals surface area contributed by atoms with Crippen molar-refractivity contribution in [2.75, 3.05) is 0 Å². The third-order valence-electron chi connectivity index (χ3n) is 2.63. The number of aromatic nitrogens is 3. The van der Waals surface area contributed by atoms with Gasteiger partial charge >= 0.3 is 5.97 Å². The Morgan fingerprint density at radius 3 is 2.94 bits per heavy atom. The van der Waals surface area contributed by atoms with Crippen molar-refractivity contribution in [1.29, 1.82) is 0 Å². The van der Waals surface area contributed by atoms with Gasteiger partial charge in [-0.2, -0.15) is 0 Å². The van der Waals surface area contributed by atoms with Crippen LogP contribution in [0.1, 0.15) is 16.2 Å². The van der Waals surface area contributed by atoms with Gasteiger partial charge in [-0.1, -0.05) is 6.07 Å². The summed E-state index contributed by atoms with van der Waals surface area (Å²) in [5.41, 5.74) is 2.59. The van der Waals surface area contributed by atoms with Gasteiger partial charge in [0.25, 0.3) is 0 Å². The van der Waals surface area contributed by atoms with Crippen LogP contribution in [0, 0.1) is 6.92 Å². The second-order valence-electron chi connectivity index (χ2n) is 3.82. The van der Waals surface area contributed by atoms with E-state index in [4.69, 9.17) is 5.11 Å². The summed E-state index contributed by atoms with van der Waals surface area (Å²) in [5, 5.41) is 11.1. The number of imidazole rings is 1. The first-order chi connectivity index (χ1) is 8.66. The van der Waals surface area contributed by atoms with Crippen LogP contribution in [0.3, 0.4) is 0 Å². The first-order valence-corrected chi connectivity index (χ1v) is 6.17. The molecule has 6 heteroatoms. The van der Waals surface area contributed by atoms with E-state index in [1.165, 1.54) is 11.3 Å². The van der Waals surface area contributed by atoms with Gasteiger partial charge in [0.15, 0.2) is 5.69 Å². The number of hydrogen-bond donors (Lipinski definition) is 1. The Bertz CT molecular complexity index is 745. The molecule has 3 aromatic heterocycles. The van der Waals surface area contributed by atoms with E-state index in [0.29, 0.717) is 5.01 Å². The van der Waals surface area contributed by atoms with Gasteiger partial charge in [-0.15, -0.1) is 11.3 Å². The largest absolute Gasteiger partial charge is 0.476 e. The maximum Gasteiger partial charge on any atom is 0.355 e. The molecule has 3 aromatic rings. The number of nitrogens with zero attached hydrogens (tertiary/aromatic N) is 3. The molecule has 0 aliphatic rings. The molecule has 0 aliphatic heterocycles. The van der Waals surface area contributed by atoms with Crippen LogP contribution in [0.25, 0.3) is 16.3 Å². The number of carboxylic acid groups (broad SMARTS) is 1. The van der Waals surface area contributed by atoms with Crippen LogP contribution in [0.5, 0.6) is 0 Å². The first-order valence-electron chi connectivity index (χ1n) is 5.29. The molecule has 0 aliphatic carbocycles. The number of carbonyl (C=O) groups is 1. The van der Waals surface area contributed by atoms with Crippen LogP contribution in [0.15, 0.2) is 29.8 Å². The van der Waals surface area contributed by atoms with Crippen LogP contribution in [0.2, 0.25) is 0 Å². The van der Waals surface area contributed by atoms with Crippen molar-refractivity contribution >= 4 is 23.0 Å². The van der Waals surface area contributed by atoms with E-state index in [2.05, 4.69) is 9.97 Å². The molecule has 3 heterocycles. The van der Waals surface area contributed by atoms with Crippen molar-refractivity contribution in [3.05, 3.63) is 41.2 Å². The summed E-state index contributed by atoms with van der Waals surface area (Å²) in [6.45, 7) is 1.89. The van der Waals surface area contributed by atoms with Crippen LogP contribution in [0.4, 0.5) is 0 Å². The van der Waals surface area contributed by atoms with Crippen LogP contribution >= 0.6 is 11.3 Å². The van der Waals surface area contributed by atoms with Gasteiger partial charge in [0.1, 0.15) is 16.3 Å². The van der Waals surface area contributed by atoms with Crippen molar-refractivity contribution < 1.29 is 9.90 Å². The Hall–Kier alpha value is -2.21. The highest BCUT2D eigenvalue weighted by atomic mass is 32.1. The SMILES string of the molecule is Cc1nc2ccccn2c1-c1nc(C(=O)O)cs1. The van der Waals surface area contributed by atoms with E-state index in [0.717, 1.165) is 17.0 Å². The highest BCUT2D eigenvalue weighted by Gasteiger charge is 2.16. The van der Waals surface area contributed by atoms with E-state index in [1.807, 2.05) is 35.7 Å². The molecule has 0 unspecified atom stereocenters. The predicted octanol–water partition coefficient (Wildman–Crippen LogP) is 2.46. The Morgan fingerprint density at radius 2 is 2.22 bits per heavy atom. The van der Waals surface area contributed by atoms with Crippen LogP contribution < -0.4 is 0 Å². The molecule has 0 atom stereocenters. The molecular weight excluding hydrogens is 250 g/mol. The van der Waals surface area contributed by atoms with Crippen molar-refractivity contribution in [3.63, 3.8) is 0 Å². The maximum atomic E-state index is 10.9. The number of aromatic carboxylic acids is 1. The normalized spacial score (nSPS) is 10.9. The zero-order valence-electron chi connectivity index (χ0n) is 9.49. The number of fused-ring (bicyclic) bond motifs is 1. The molecule has 0 saturated heterocycles. The molecule has 3 rings (SSSR count). The first kappa shape index (κ1) is 10.9. The van der Waals surface area contributed by atoms with Crippen molar-refractivity contribution in [2.45, 2.75) is 6.92 Å². The lowest BCUT2D eigenvalue weighted by atomic mass is 10.3. The lowest BCUT2D eigenvalue weighted by molar-refractivity contribution is 0.0691. The molecule has 0 bridgehead atoms. The molecule has 5 nitrogen and oxygen atoms in total. The fraction of sp³-hybridized carbons (Fsp3) is 0.0833. The minimum Gasteiger partial charge on any atom is -0.476 e. The van der Waals surface area contributed by atoms with Crippen molar-refractivity contribution in [2.24, 2.45) is 0 Å². The lowest BCUT2D eigenvalue weighted by Gasteiger charge is -1.97. The standard InChI is InChI=1S/C12H9N3O2S/c1-7-10(11-14-8(6-18-11)12(16)17)15-5-3-2-4-9(15)13-7/h2-6H,1H3,(H,16,17).